The average molecular weight is 442 g/mol. The maximum Gasteiger partial charge on any atom is 0.435 e. The molecule has 12 heteroatoms. The largest absolute Gasteiger partial charge is 0.435 e. The van der Waals surface area contributed by atoms with Crippen LogP contribution < -0.4 is 11.1 Å². The normalized spacial score (nSPS) is 17.5. The first-order valence-electron chi connectivity index (χ1n) is 9.75. The van der Waals surface area contributed by atoms with E-state index in [1.807, 2.05) is 4.90 Å². The summed E-state index contributed by atoms with van der Waals surface area (Å²) < 4.78 is 54.6. The number of piperidine rings is 1. The first-order valence-corrected chi connectivity index (χ1v) is 9.75. The highest BCUT2D eigenvalue weighted by Gasteiger charge is 2.42. The van der Waals surface area contributed by atoms with Crippen molar-refractivity contribution in [2.75, 3.05) is 26.2 Å². The van der Waals surface area contributed by atoms with E-state index in [1.165, 1.54) is 12.1 Å². The molecule has 1 aromatic carbocycles. The highest BCUT2D eigenvalue weighted by molar-refractivity contribution is 5.93. The van der Waals surface area contributed by atoms with Crippen LogP contribution in [0.3, 0.4) is 0 Å². The molecule has 0 saturated carbocycles. The van der Waals surface area contributed by atoms with Crippen molar-refractivity contribution in [3.8, 4) is 5.69 Å². The van der Waals surface area contributed by atoms with Gasteiger partial charge in [0, 0.05) is 13.1 Å². The number of alkyl halides is 3. The first kappa shape index (κ1) is 22.7. The maximum absolute atomic E-state index is 13.6. The molecule has 1 aromatic heterocycles. The third-order valence-electron chi connectivity index (χ3n) is 5.05. The maximum atomic E-state index is 13.6. The number of primary amides is 1. The summed E-state index contributed by atoms with van der Waals surface area (Å²) in [6.07, 6.45) is -2.89. The molecule has 3 rings (SSSR count). The van der Waals surface area contributed by atoms with Gasteiger partial charge in [0.15, 0.2) is 11.4 Å². The number of rotatable bonds is 7. The van der Waals surface area contributed by atoms with Crippen LogP contribution in [0.25, 0.3) is 5.69 Å². The number of halogens is 4. The lowest BCUT2D eigenvalue weighted by molar-refractivity contribution is -0.143. The molecule has 1 aliphatic rings. The Bertz CT molecular complexity index is 946. The summed E-state index contributed by atoms with van der Waals surface area (Å²) in [5.41, 5.74) is 2.87. The molecule has 1 unspecified atom stereocenters. The van der Waals surface area contributed by atoms with E-state index in [4.69, 9.17) is 5.73 Å². The van der Waals surface area contributed by atoms with Gasteiger partial charge >= 0.3 is 6.18 Å². The number of carbonyl (C=O) groups excluding carboxylic acids is 2. The molecule has 8 nitrogen and oxygen atoms in total. The van der Waals surface area contributed by atoms with Crippen molar-refractivity contribution < 1.29 is 27.2 Å². The molecule has 1 fully saturated rings. The smallest absolute Gasteiger partial charge is 0.369 e. The van der Waals surface area contributed by atoms with E-state index in [0.29, 0.717) is 24.2 Å². The summed E-state index contributed by atoms with van der Waals surface area (Å²) in [7, 11) is 0. The van der Waals surface area contributed by atoms with Gasteiger partial charge < -0.3 is 16.0 Å². The van der Waals surface area contributed by atoms with E-state index in [-0.39, 0.29) is 24.1 Å². The average Bonchev–Trinajstić information content (AvgIpc) is 3.17. The van der Waals surface area contributed by atoms with Crippen LogP contribution in [0.15, 0.2) is 24.3 Å². The number of likely N-dealkylation sites (tertiary alicyclic amines) is 1. The second kappa shape index (κ2) is 9.41. The predicted molar refractivity (Wildman–Crippen MR) is 102 cm³/mol. The molecule has 0 bridgehead atoms. The second-order valence-electron chi connectivity index (χ2n) is 7.33. The Kier molecular flexibility index (Phi) is 6.88. The summed E-state index contributed by atoms with van der Waals surface area (Å²) in [6, 6.07) is 4.40. The molecular formula is C19H22F4N6O2. The number of hydrogen-bond acceptors (Lipinski definition) is 5. The SMILES string of the molecule is NC(=O)C1CCCN(CCCNC(=O)c2nnn(-c3cccc(F)c3)c2C(F)(F)F)C1. The Hall–Kier alpha value is -3.02. The number of nitrogens with zero attached hydrogens (tertiary/aromatic N) is 4. The Morgan fingerprint density at radius 1 is 1.29 bits per heavy atom. The van der Waals surface area contributed by atoms with Crippen molar-refractivity contribution in [3.05, 3.63) is 41.5 Å². The minimum atomic E-state index is -4.93. The molecule has 168 valence electrons. The number of nitrogens with one attached hydrogen (secondary N) is 1. The predicted octanol–water partition coefficient (Wildman–Crippen LogP) is 1.74. The minimum absolute atomic E-state index is 0.112. The van der Waals surface area contributed by atoms with Crippen molar-refractivity contribution in [1.29, 1.82) is 0 Å². The molecule has 1 aliphatic heterocycles. The molecule has 0 radical (unpaired) electrons. The van der Waals surface area contributed by atoms with Crippen LogP contribution in [0.1, 0.15) is 35.4 Å². The van der Waals surface area contributed by atoms with Crippen molar-refractivity contribution in [2.24, 2.45) is 11.7 Å². The zero-order valence-corrected chi connectivity index (χ0v) is 16.5. The van der Waals surface area contributed by atoms with Gasteiger partial charge in [0.25, 0.3) is 5.91 Å². The Morgan fingerprint density at radius 2 is 2.06 bits per heavy atom. The van der Waals surface area contributed by atoms with E-state index >= 15 is 0 Å². The van der Waals surface area contributed by atoms with Gasteiger partial charge in [-0.05, 0) is 50.6 Å². The van der Waals surface area contributed by atoms with Gasteiger partial charge in [0.1, 0.15) is 5.82 Å². The zero-order chi connectivity index (χ0) is 22.6. The molecule has 0 aliphatic carbocycles. The van der Waals surface area contributed by atoms with E-state index in [1.54, 1.807) is 0 Å². The van der Waals surface area contributed by atoms with E-state index in [0.717, 1.165) is 31.5 Å². The number of hydrogen-bond donors (Lipinski definition) is 2. The summed E-state index contributed by atoms with van der Waals surface area (Å²) in [4.78, 5) is 25.7. The minimum Gasteiger partial charge on any atom is -0.369 e. The van der Waals surface area contributed by atoms with Crippen LogP contribution in [-0.4, -0.2) is 57.9 Å². The highest BCUT2D eigenvalue weighted by atomic mass is 19.4. The number of nitrogens with two attached hydrogens (primary N) is 1. The zero-order valence-electron chi connectivity index (χ0n) is 16.5. The van der Waals surface area contributed by atoms with Crippen LogP contribution in [0, 0.1) is 11.7 Å². The first-order chi connectivity index (χ1) is 14.7. The molecule has 0 spiro atoms. The molecular weight excluding hydrogens is 420 g/mol. The van der Waals surface area contributed by atoms with Crippen molar-refractivity contribution >= 4 is 11.8 Å². The van der Waals surface area contributed by atoms with E-state index in [2.05, 4.69) is 15.6 Å². The van der Waals surface area contributed by atoms with Gasteiger partial charge in [-0.1, -0.05) is 11.3 Å². The highest BCUT2D eigenvalue weighted by Crippen LogP contribution is 2.32. The van der Waals surface area contributed by atoms with Crippen LogP contribution in [0.4, 0.5) is 17.6 Å². The van der Waals surface area contributed by atoms with E-state index in [9.17, 15) is 27.2 Å². The summed E-state index contributed by atoms with van der Waals surface area (Å²) in [5, 5.41) is 9.21. The summed E-state index contributed by atoms with van der Waals surface area (Å²) in [6.45, 7) is 1.99. The lowest BCUT2D eigenvalue weighted by atomic mass is 9.97. The molecule has 1 saturated heterocycles. The Morgan fingerprint density at radius 3 is 2.74 bits per heavy atom. The third-order valence-corrected chi connectivity index (χ3v) is 5.05. The molecule has 3 N–H and O–H groups in total. The summed E-state index contributed by atoms with van der Waals surface area (Å²) in [5.74, 6) is -2.33. The van der Waals surface area contributed by atoms with Gasteiger partial charge in [-0.25, -0.2) is 9.07 Å². The number of benzene rings is 1. The fraction of sp³-hybridized carbons (Fsp3) is 0.474. The van der Waals surface area contributed by atoms with Crippen LogP contribution >= 0.6 is 0 Å². The number of aromatic nitrogens is 3. The fourth-order valence-electron chi connectivity index (χ4n) is 3.56. The van der Waals surface area contributed by atoms with Crippen LogP contribution in [-0.2, 0) is 11.0 Å². The van der Waals surface area contributed by atoms with Gasteiger partial charge in [-0.2, -0.15) is 13.2 Å². The lowest BCUT2D eigenvalue weighted by Gasteiger charge is -2.31. The standard InChI is InChI=1S/C19H22F4N6O2/c20-13-5-1-6-14(10-13)29-16(19(21,22)23)15(26-27-29)18(31)25-7-3-9-28-8-2-4-12(11-28)17(24)30/h1,5-6,10,12H,2-4,7-9,11H2,(H2,24,30)(H,25,31). The van der Waals surface area contributed by atoms with Gasteiger partial charge in [0.2, 0.25) is 5.91 Å². The lowest BCUT2D eigenvalue weighted by Crippen LogP contribution is -2.42. The van der Waals surface area contributed by atoms with Gasteiger partial charge in [0.05, 0.1) is 11.6 Å². The summed E-state index contributed by atoms with van der Waals surface area (Å²) >= 11 is 0. The van der Waals surface area contributed by atoms with Crippen molar-refractivity contribution in [2.45, 2.75) is 25.4 Å². The number of carbonyl (C=O) groups is 2. The molecule has 2 aromatic rings. The van der Waals surface area contributed by atoms with Gasteiger partial charge in [-0.3, -0.25) is 9.59 Å². The van der Waals surface area contributed by atoms with Gasteiger partial charge in [-0.15, -0.1) is 5.10 Å². The van der Waals surface area contributed by atoms with Crippen LogP contribution in [0.2, 0.25) is 0 Å². The molecule has 1 atom stereocenters. The Balaban J connectivity index is 1.63. The Labute approximate surface area is 175 Å². The topological polar surface area (TPSA) is 106 Å². The second-order valence-corrected chi connectivity index (χ2v) is 7.33. The number of amides is 2. The fourth-order valence-corrected chi connectivity index (χ4v) is 3.56. The van der Waals surface area contributed by atoms with Crippen molar-refractivity contribution in [3.63, 3.8) is 0 Å². The van der Waals surface area contributed by atoms with Crippen LogP contribution in [0.5, 0.6) is 0 Å². The molecule has 31 heavy (non-hydrogen) atoms. The van der Waals surface area contributed by atoms with Crippen molar-refractivity contribution in [1.82, 2.24) is 25.2 Å². The monoisotopic (exact) mass is 442 g/mol. The molecule has 2 amide bonds. The molecule has 2 heterocycles. The van der Waals surface area contributed by atoms with E-state index < -0.39 is 29.3 Å². The quantitative estimate of drug-likeness (QED) is 0.502. The third kappa shape index (κ3) is 5.57.